The predicted octanol–water partition coefficient (Wildman–Crippen LogP) is 7.50. The summed E-state index contributed by atoms with van der Waals surface area (Å²) in [6, 6.07) is 21.6. The number of fused-ring (bicyclic) bond motifs is 1. The number of benzene rings is 3. The number of halogens is 2. The summed E-state index contributed by atoms with van der Waals surface area (Å²) in [4.78, 5) is 18.0. The summed E-state index contributed by atoms with van der Waals surface area (Å²) in [5.41, 5.74) is 5.84. The van der Waals surface area contributed by atoms with E-state index in [1.165, 1.54) is 11.8 Å². The number of carbonyl (C=O) groups is 1. The zero-order valence-electron chi connectivity index (χ0n) is 18.6. The molecule has 2 heterocycles. The number of amides is 1. The van der Waals surface area contributed by atoms with Crippen molar-refractivity contribution in [1.29, 1.82) is 0 Å². The monoisotopic (exact) mass is 505 g/mol. The molecule has 1 saturated heterocycles. The molecular formula is C27H21Cl2N3OS. The number of nitrogens with one attached hydrogen (secondary N) is 1. The van der Waals surface area contributed by atoms with Crippen molar-refractivity contribution >= 4 is 68.7 Å². The maximum atomic E-state index is 12.8. The van der Waals surface area contributed by atoms with E-state index in [-0.39, 0.29) is 5.91 Å². The Balaban J connectivity index is 1.54. The molecule has 34 heavy (non-hydrogen) atoms. The highest BCUT2D eigenvalue weighted by Crippen LogP contribution is 2.35. The van der Waals surface area contributed by atoms with Gasteiger partial charge in [-0.15, -0.1) is 0 Å². The summed E-state index contributed by atoms with van der Waals surface area (Å²) in [5.74, 6) is -0.161. The van der Waals surface area contributed by atoms with E-state index in [4.69, 9.17) is 23.2 Å². The molecule has 4 nitrogen and oxygen atoms in total. The molecule has 4 aromatic rings. The summed E-state index contributed by atoms with van der Waals surface area (Å²) in [6.07, 6.45) is 1.95. The summed E-state index contributed by atoms with van der Waals surface area (Å²) < 4.78 is 2.24. The Morgan fingerprint density at radius 3 is 2.53 bits per heavy atom. The smallest absolute Gasteiger partial charge is 0.264 e. The van der Waals surface area contributed by atoms with E-state index < -0.39 is 0 Å². The highest BCUT2D eigenvalue weighted by atomic mass is 35.5. The molecule has 170 valence electrons. The minimum atomic E-state index is -0.161. The number of hydrogen-bond acceptors (Lipinski definition) is 3. The molecule has 1 aliphatic rings. The standard InChI is InChI=1S/C27H21Cl2N3OS/c1-16-21(28)11-7-12-23(16)30-27-31-26(33)25(34-27)14-20-17(2)32(24-13-6-4-9-19(20)24)15-18-8-3-5-10-22(18)29/h3-14H,15H2,1-2H3,(H,30,31,33)/b25-14-. The van der Waals surface area contributed by atoms with E-state index in [9.17, 15) is 4.79 Å². The van der Waals surface area contributed by atoms with Crippen molar-refractivity contribution in [1.82, 2.24) is 9.88 Å². The van der Waals surface area contributed by atoms with E-state index in [2.05, 4.69) is 33.9 Å². The molecule has 0 atom stereocenters. The van der Waals surface area contributed by atoms with Crippen molar-refractivity contribution in [2.45, 2.75) is 20.4 Å². The van der Waals surface area contributed by atoms with Gasteiger partial charge in [0, 0.05) is 38.8 Å². The molecule has 0 saturated carbocycles. The van der Waals surface area contributed by atoms with E-state index in [1.54, 1.807) is 0 Å². The molecular weight excluding hydrogens is 485 g/mol. The maximum Gasteiger partial charge on any atom is 0.264 e. The van der Waals surface area contributed by atoms with E-state index >= 15 is 0 Å². The second-order valence-corrected chi connectivity index (χ2v) is 9.90. The van der Waals surface area contributed by atoms with Gasteiger partial charge >= 0.3 is 0 Å². The molecule has 1 N–H and O–H groups in total. The van der Waals surface area contributed by atoms with Crippen LogP contribution in [0.25, 0.3) is 17.0 Å². The van der Waals surface area contributed by atoms with Crippen LogP contribution in [0.2, 0.25) is 10.0 Å². The Kier molecular flexibility index (Phi) is 6.26. The van der Waals surface area contributed by atoms with Crippen LogP contribution in [0.1, 0.15) is 22.4 Å². The predicted molar refractivity (Wildman–Crippen MR) is 144 cm³/mol. The molecule has 1 fully saturated rings. The Labute approximate surface area is 212 Å². The second-order valence-electron chi connectivity index (χ2n) is 8.06. The van der Waals surface area contributed by atoms with Gasteiger partial charge in [0.25, 0.3) is 5.91 Å². The van der Waals surface area contributed by atoms with Gasteiger partial charge in [0.2, 0.25) is 0 Å². The van der Waals surface area contributed by atoms with Crippen molar-refractivity contribution in [3.8, 4) is 0 Å². The van der Waals surface area contributed by atoms with Gasteiger partial charge in [-0.2, -0.15) is 0 Å². The normalized spacial score (nSPS) is 16.1. The number of aromatic nitrogens is 1. The zero-order chi connectivity index (χ0) is 23.8. The first-order valence-corrected chi connectivity index (χ1v) is 12.4. The highest BCUT2D eigenvalue weighted by Gasteiger charge is 2.25. The molecule has 0 aliphatic carbocycles. The molecule has 5 rings (SSSR count). The highest BCUT2D eigenvalue weighted by molar-refractivity contribution is 8.18. The minimum Gasteiger partial charge on any atom is -0.340 e. The maximum absolute atomic E-state index is 12.8. The summed E-state index contributed by atoms with van der Waals surface area (Å²) in [5, 5.41) is 5.89. The number of carbonyl (C=O) groups excluding carboxylic acids is 1. The third kappa shape index (κ3) is 4.27. The van der Waals surface area contributed by atoms with Gasteiger partial charge < -0.3 is 9.88 Å². The van der Waals surface area contributed by atoms with E-state index in [0.29, 0.717) is 21.6 Å². The lowest BCUT2D eigenvalue weighted by atomic mass is 10.1. The first kappa shape index (κ1) is 22.8. The Bertz CT molecular complexity index is 1500. The minimum absolute atomic E-state index is 0.161. The van der Waals surface area contributed by atoms with Gasteiger partial charge in [0.05, 0.1) is 10.6 Å². The Morgan fingerprint density at radius 1 is 0.971 bits per heavy atom. The lowest BCUT2D eigenvalue weighted by molar-refractivity contribution is -0.115. The summed E-state index contributed by atoms with van der Waals surface area (Å²) in [6.45, 7) is 4.64. The van der Waals surface area contributed by atoms with Gasteiger partial charge in [-0.25, -0.2) is 4.99 Å². The van der Waals surface area contributed by atoms with Crippen molar-refractivity contribution in [2.24, 2.45) is 4.99 Å². The molecule has 1 aromatic heterocycles. The SMILES string of the molecule is Cc1c(Cl)cccc1N=C1NC(=O)/C(=C/c2c(C)n(Cc3ccccc3Cl)c3ccccc23)S1. The van der Waals surface area contributed by atoms with Gasteiger partial charge in [-0.05, 0) is 67.1 Å². The van der Waals surface area contributed by atoms with Gasteiger partial charge in [0.15, 0.2) is 5.17 Å². The fourth-order valence-corrected chi connectivity index (χ4v) is 5.26. The third-order valence-electron chi connectivity index (χ3n) is 5.95. The van der Waals surface area contributed by atoms with Gasteiger partial charge in [-0.1, -0.05) is 65.7 Å². The topological polar surface area (TPSA) is 46.4 Å². The number of para-hydroxylation sites is 1. The van der Waals surface area contributed by atoms with Crippen molar-refractivity contribution in [3.05, 3.63) is 104 Å². The molecule has 0 radical (unpaired) electrons. The van der Waals surface area contributed by atoms with Crippen LogP contribution < -0.4 is 5.32 Å². The van der Waals surface area contributed by atoms with Gasteiger partial charge in [-0.3, -0.25) is 4.79 Å². The number of thioether (sulfide) groups is 1. The number of rotatable bonds is 4. The number of nitrogens with zero attached hydrogens (tertiary/aromatic N) is 2. The largest absolute Gasteiger partial charge is 0.340 e. The number of amidine groups is 1. The molecule has 1 amide bonds. The van der Waals surface area contributed by atoms with Crippen LogP contribution in [0.4, 0.5) is 5.69 Å². The molecule has 0 unspecified atom stereocenters. The van der Waals surface area contributed by atoms with Crippen LogP contribution in [0, 0.1) is 13.8 Å². The van der Waals surface area contributed by atoms with Crippen LogP contribution in [0.15, 0.2) is 76.6 Å². The van der Waals surface area contributed by atoms with Crippen LogP contribution >= 0.6 is 35.0 Å². The lowest BCUT2D eigenvalue weighted by Gasteiger charge is -2.10. The fraction of sp³-hybridized carbons (Fsp3) is 0.111. The van der Waals surface area contributed by atoms with E-state index in [0.717, 1.165) is 44.0 Å². The zero-order valence-corrected chi connectivity index (χ0v) is 20.9. The quantitative estimate of drug-likeness (QED) is 0.291. The first-order chi connectivity index (χ1) is 16.4. The average molecular weight is 506 g/mol. The molecule has 0 spiro atoms. The van der Waals surface area contributed by atoms with Crippen LogP contribution in [0.5, 0.6) is 0 Å². The lowest BCUT2D eigenvalue weighted by Crippen LogP contribution is -2.19. The van der Waals surface area contributed by atoms with Crippen LogP contribution in [0.3, 0.4) is 0 Å². The average Bonchev–Trinajstić information content (AvgIpc) is 3.30. The van der Waals surface area contributed by atoms with Crippen LogP contribution in [-0.2, 0) is 11.3 Å². The Morgan fingerprint density at radius 2 is 1.71 bits per heavy atom. The van der Waals surface area contributed by atoms with Crippen LogP contribution in [-0.4, -0.2) is 15.6 Å². The van der Waals surface area contributed by atoms with Gasteiger partial charge in [0.1, 0.15) is 0 Å². The second kappa shape index (κ2) is 9.34. The number of aliphatic imine (C=N–C) groups is 1. The van der Waals surface area contributed by atoms with Crippen molar-refractivity contribution in [2.75, 3.05) is 0 Å². The summed E-state index contributed by atoms with van der Waals surface area (Å²) in [7, 11) is 0. The molecule has 7 heteroatoms. The molecule has 3 aromatic carbocycles. The Hall–Kier alpha value is -2.99. The molecule has 0 bridgehead atoms. The van der Waals surface area contributed by atoms with E-state index in [1.807, 2.05) is 67.6 Å². The fourth-order valence-electron chi connectivity index (χ4n) is 4.08. The van der Waals surface area contributed by atoms with Crippen molar-refractivity contribution in [3.63, 3.8) is 0 Å². The molecule has 1 aliphatic heterocycles. The number of hydrogen-bond donors (Lipinski definition) is 1. The third-order valence-corrected chi connectivity index (χ3v) is 7.64. The van der Waals surface area contributed by atoms with Crippen molar-refractivity contribution < 1.29 is 4.79 Å². The summed E-state index contributed by atoms with van der Waals surface area (Å²) >= 11 is 14.0. The first-order valence-electron chi connectivity index (χ1n) is 10.8.